The molecule has 0 saturated carbocycles. The minimum atomic E-state index is -0.502. The smallest absolute Gasteiger partial charge is 0.414 e. The van der Waals surface area contributed by atoms with Crippen LogP contribution in [0.2, 0.25) is 0 Å². The predicted molar refractivity (Wildman–Crippen MR) is 92.1 cm³/mol. The summed E-state index contributed by atoms with van der Waals surface area (Å²) in [7, 11) is 4.73. The second-order valence-electron chi connectivity index (χ2n) is 5.60. The zero-order valence-corrected chi connectivity index (χ0v) is 14.1. The molecule has 0 aromatic heterocycles. The van der Waals surface area contributed by atoms with Crippen LogP contribution in [0.15, 0.2) is 48.2 Å². The summed E-state index contributed by atoms with van der Waals surface area (Å²) in [4.78, 5) is 25.6. The molecule has 0 unspecified atom stereocenters. The van der Waals surface area contributed by atoms with Crippen molar-refractivity contribution in [3.8, 4) is 17.2 Å². The van der Waals surface area contributed by atoms with Crippen molar-refractivity contribution in [2.24, 2.45) is 0 Å². The Labute approximate surface area is 145 Å². The van der Waals surface area contributed by atoms with Crippen molar-refractivity contribution in [1.29, 1.82) is 0 Å². The van der Waals surface area contributed by atoms with Gasteiger partial charge in [-0.05, 0) is 24.3 Å². The van der Waals surface area contributed by atoms with E-state index in [2.05, 4.69) is 0 Å². The number of para-hydroxylation sites is 1. The first kappa shape index (κ1) is 16.6. The van der Waals surface area contributed by atoms with E-state index in [4.69, 9.17) is 14.2 Å². The summed E-state index contributed by atoms with van der Waals surface area (Å²) < 4.78 is 16.1. The number of nitrogens with zero attached hydrogens (tertiary/aromatic N) is 1. The van der Waals surface area contributed by atoms with Crippen LogP contribution in [-0.4, -0.2) is 38.0 Å². The molecule has 0 bridgehead atoms. The summed E-state index contributed by atoms with van der Waals surface area (Å²) >= 11 is 0. The van der Waals surface area contributed by atoms with Crippen molar-refractivity contribution < 1.29 is 23.8 Å². The molecule has 6 nitrogen and oxygen atoms in total. The number of methoxy groups -OCH3 is 1. The van der Waals surface area contributed by atoms with Gasteiger partial charge in [-0.3, -0.25) is 4.79 Å². The van der Waals surface area contributed by atoms with Crippen LogP contribution >= 0.6 is 0 Å². The Morgan fingerprint density at radius 3 is 2.64 bits per heavy atom. The van der Waals surface area contributed by atoms with Crippen LogP contribution in [0.4, 0.5) is 4.79 Å². The molecule has 0 saturated heterocycles. The van der Waals surface area contributed by atoms with Gasteiger partial charge in [-0.1, -0.05) is 18.2 Å². The fourth-order valence-corrected chi connectivity index (χ4v) is 2.31. The number of allylic oxidation sites excluding steroid dienone is 1. The molecule has 6 heteroatoms. The Hall–Kier alpha value is -3.28. The fraction of sp³-hybridized carbons (Fsp3) is 0.158. The lowest BCUT2D eigenvalue weighted by Gasteiger charge is -2.12. The van der Waals surface area contributed by atoms with E-state index in [1.807, 2.05) is 0 Å². The van der Waals surface area contributed by atoms with Crippen molar-refractivity contribution in [3.63, 3.8) is 0 Å². The summed E-state index contributed by atoms with van der Waals surface area (Å²) in [5, 5.41) is 0. The van der Waals surface area contributed by atoms with Crippen molar-refractivity contribution in [2.75, 3.05) is 21.2 Å². The lowest BCUT2D eigenvalue weighted by Crippen LogP contribution is -2.25. The normalized spacial score (nSPS) is 14.0. The molecular weight excluding hydrogens is 322 g/mol. The molecule has 2 aromatic rings. The van der Waals surface area contributed by atoms with Crippen molar-refractivity contribution in [1.82, 2.24) is 4.90 Å². The molecule has 0 aliphatic carbocycles. The number of carbonyl (C=O) groups is 2. The summed E-state index contributed by atoms with van der Waals surface area (Å²) in [6, 6.07) is 12.0. The largest absolute Gasteiger partial charge is 0.497 e. The van der Waals surface area contributed by atoms with Crippen molar-refractivity contribution in [2.45, 2.75) is 0 Å². The molecule has 1 heterocycles. The first-order valence-corrected chi connectivity index (χ1v) is 7.60. The summed E-state index contributed by atoms with van der Waals surface area (Å²) in [5.41, 5.74) is 1.04. The first-order valence-electron chi connectivity index (χ1n) is 7.60. The second-order valence-corrected chi connectivity index (χ2v) is 5.60. The third kappa shape index (κ3) is 3.33. The maximum Gasteiger partial charge on any atom is 0.414 e. The van der Waals surface area contributed by atoms with E-state index in [1.54, 1.807) is 69.7 Å². The number of Topliss-reactive ketones (excluding diaryl/α,β-unsaturated/α-hetero) is 1. The highest BCUT2D eigenvalue weighted by molar-refractivity contribution is 6.14. The number of fused-ring (bicyclic) bond motifs is 1. The van der Waals surface area contributed by atoms with Crippen molar-refractivity contribution in [3.05, 3.63) is 59.4 Å². The van der Waals surface area contributed by atoms with Gasteiger partial charge in [0.2, 0.25) is 5.78 Å². The topological polar surface area (TPSA) is 65.1 Å². The average Bonchev–Trinajstić information content (AvgIpc) is 2.91. The zero-order chi connectivity index (χ0) is 18.0. The highest BCUT2D eigenvalue weighted by Gasteiger charge is 2.28. The van der Waals surface area contributed by atoms with Gasteiger partial charge in [0.1, 0.15) is 17.2 Å². The molecular formula is C19H17NO5. The molecule has 0 spiro atoms. The number of rotatable bonds is 3. The highest BCUT2D eigenvalue weighted by atomic mass is 16.6. The minimum Gasteiger partial charge on any atom is -0.497 e. The number of hydrogen-bond acceptors (Lipinski definition) is 5. The molecule has 0 atom stereocenters. The minimum absolute atomic E-state index is 0.164. The van der Waals surface area contributed by atoms with Crippen LogP contribution in [0.5, 0.6) is 17.2 Å². The van der Waals surface area contributed by atoms with E-state index >= 15 is 0 Å². The predicted octanol–water partition coefficient (Wildman–Crippen LogP) is 3.37. The summed E-state index contributed by atoms with van der Waals surface area (Å²) in [5.74, 6) is 1.33. The number of ether oxygens (including phenoxy) is 3. The Morgan fingerprint density at radius 1 is 1.16 bits per heavy atom. The molecule has 1 amide bonds. The van der Waals surface area contributed by atoms with Crippen LogP contribution in [0, 0.1) is 0 Å². The number of ketones is 1. The third-order valence-corrected chi connectivity index (χ3v) is 3.65. The average molecular weight is 339 g/mol. The van der Waals surface area contributed by atoms with Crippen LogP contribution in [-0.2, 0) is 0 Å². The lowest BCUT2D eigenvalue weighted by molar-refractivity contribution is 0.101. The van der Waals surface area contributed by atoms with Gasteiger partial charge in [-0.25, -0.2) is 4.79 Å². The van der Waals surface area contributed by atoms with Crippen LogP contribution < -0.4 is 14.2 Å². The van der Waals surface area contributed by atoms with Crippen LogP contribution in [0.25, 0.3) is 6.08 Å². The van der Waals surface area contributed by atoms with E-state index in [1.165, 1.54) is 4.90 Å². The second kappa shape index (κ2) is 6.68. The number of benzene rings is 2. The summed E-state index contributed by atoms with van der Waals surface area (Å²) in [6.45, 7) is 0. The first-order chi connectivity index (χ1) is 12.0. The maximum absolute atomic E-state index is 12.5. The molecule has 1 aliphatic rings. The molecule has 25 heavy (non-hydrogen) atoms. The third-order valence-electron chi connectivity index (χ3n) is 3.65. The molecule has 3 rings (SSSR count). The SMILES string of the molecule is COc1ccc2c(c1)OC(=Cc1ccccc1OC(=O)N(C)C)C2=O. The van der Waals surface area contributed by atoms with Gasteiger partial charge in [0.15, 0.2) is 5.76 Å². The molecule has 0 N–H and O–H groups in total. The molecule has 0 radical (unpaired) electrons. The van der Waals surface area contributed by atoms with E-state index in [9.17, 15) is 9.59 Å². The molecule has 2 aromatic carbocycles. The molecule has 0 fully saturated rings. The van der Waals surface area contributed by atoms with Gasteiger partial charge in [0.25, 0.3) is 0 Å². The van der Waals surface area contributed by atoms with Gasteiger partial charge >= 0.3 is 6.09 Å². The number of carbonyl (C=O) groups excluding carboxylic acids is 2. The van der Waals surface area contributed by atoms with Gasteiger partial charge < -0.3 is 19.1 Å². The Balaban J connectivity index is 1.92. The maximum atomic E-state index is 12.5. The fourth-order valence-electron chi connectivity index (χ4n) is 2.31. The zero-order valence-electron chi connectivity index (χ0n) is 14.1. The Bertz CT molecular complexity index is 870. The van der Waals surface area contributed by atoms with Crippen LogP contribution in [0.3, 0.4) is 0 Å². The van der Waals surface area contributed by atoms with Crippen LogP contribution in [0.1, 0.15) is 15.9 Å². The standard InChI is InChI=1S/C19H17NO5/c1-20(2)19(22)25-15-7-5-4-6-12(15)10-17-18(21)14-9-8-13(23-3)11-16(14)24-17/h4-11H,1-3H3. The molecule has 128 valence electrons. The molecule has 1 aliphatic heterocycles. The highest BCUT2D eigenvalue weighted by Crippen LogP contribution is 2.35. The van der Waals surface area contributed by atoms with E-state index in [-0.39, 0.29) is 11.5 Å². The van der Waals surface area contributed by atoms with Gasteiger partial charge in [-0.15, -0.1) is 0 Å². The van der Waals surface area contributed by atoms with E-state index in [0.717, 1.165) is 0 Å². The Morgan fingerprint density at radius 2 is 1.92 bits per heavy atom. The Kier molecular flexibility index (Phi) is 4.43. The lowest BCUT2D eigenvalue weighted by atomic mass is 10.1. The number of amides is 1. The summed E-state index contributed by atoms with van der Waals surface area (Å²) in [6.07, 6.45) is 1.06. The quantitative estimate of drug-likeness (QED) is 0.802. The van der Waals surface area contributed by atoms with E-state index < -0.39 is 6.09 Å². The van der Waals surface area contributed by atoms with Gasteiger partial charge in [0.05, 0.1) is 12.7 Å². The van der Waals surface area contributed by atoms with Crippen molar-refractivity contribution >= 4 is 18.0 Å². The van der Waals surface area contributed by atoms with E-state index in [0.29, 0.717) is 28.4 Å². The number of hydrogen-bond donors (Lipinski definition) is 0. The van der Waals surface area contributed by atoms with Gasteiger partial charge in [0, 0.05) is 25.7 Å². The monoisotopic (exact) mass is 339 g/mol. The van der Waals surface area contributed by atoms with Gasteiger partial charge in [-0.2, -0.15) is 0 Å².